The predicted octanol–water partition coefficient (Wildman–Crippen LogP) is 3.96. The summed E-state index contributed by atoms with van der Waals surface area (Å²) in [6, 6.07) is 3.49. The number of rotatable bonds is 5. The molecule has 1 atom stereocenters. The van der Waals surface area contributed by atoms with Crippen molar-refractivity contribution in [2.45, 2.75) is 38.5 Å². The average molecular weight is 248 g/mol. The zero-order valence-corrected chi connectivity index (χ0v) is 10.9. The van der Waals surface area contributed by atoms with Crippen LogP contribution in [0.3, 0.4) is 0 Å². The van der Waals surface area contributed by atoms with Crippen molar-refractivity contribution in [1.82, 2.24) is 0 Å². The molecule has 3 heteroatoms. The van der Waals surface area contributed by atoms with Crippen LogP contribution in [-0.2, 0) is 4.74 Å². The van der Waals surface area contributed by atoms with Crippen LogP contribution in [-0.4, -0.2) is 12.9 Å². The van der Waals surface area contributed by atoms with Gasteiger partial charge in [0.1, 0.15) is 0 Å². The van der Waals surface area contributed by atoms with E-state index in [1.54, 1.807) is 25.5 Å². The summed E-state index contributed by atoms with van der Waals surface area (Å²) in [7, 11) is 1.69. The first-order valence-corrected chi connectivity index (χ1v) is 6.59. The van der Waals surface area contributed by atoms with E-state index < -0.39 is 0 Å². The number of allylic oxidation sites excluding steroid dienone is 1. The molecule has 1 aliphatic rings. The minimum atomic E-state index is 0.0994. The van der Waals surface area contributed by atoms with Crippen LogP contribution in [0.15, 0.2) is 34.6 Å². The van der Waals surface area contributed by atoms with Gasteiger partial charge in [0.2, 0.25) is 0 Å². The summed E-state index contributed by atoms with van der Waals surface area (Å²) < 4.78 is 10.2. The number of furan rings is 1. The summed E-state index contributed by atoms with van der Waals surface area (Å²) in [5, 5.41) is 0. The summed E-state index contributed by atoms with van der Waals surface area (Å²) >= 11 is 0. The molecule has 0 aliphatic heterocycles. The molecule has 0 spiro atoms. The average Bonchev–Trinajstić information content (AvgIpc) is 2.92. The van der Waals surface area contributed by atoms with Crippen LogP contribution >= 0.6 is 0 Å². The highest BCUT2D eigenvalue weighted by Crippen LogP contribution is 2.32. The van der Waals surface area contributed by atoms with E-state index in [-0.39, 0.29) is 5.78 Å². The lowest BCUT2D eigenvalue weighted by atomic mass is 9.81. The van der Waals surface area contributed by atoms with Gasteiger partial charge in [0.05, 0.1) is 19.6 Å². The molecule has 0 saturated heterocycles. The fraction of sp³-hybridized carbons (Fsp3) is 0.533. The maximum atomic E-state index is 11.9. The maximum Gasteiger partial charge on any atom is 0.198 e. The van der Waals surface area contributed by atoms with E-state index >= 15 is 0 Å². The van der Waals surface area contributed by atoms with E-state index in [1.165, 1.54) is 24.8 Å². The van der Waals surface area contributed by atoms with Gasteiger partial charge in [-0.2, -0.15) is 0 Å². The van der Waals surface area contributed by atoms with Gasteiger partial charge in [-0.25, -0.2) is 0 Å². The molecule has 2 rings (SSSR count). The van der Waals surface area contributed by atoms with Crippen molar-refractivity contribution in [1.29, 1.82) is 0 Å². The number of carbonyl (C=O) groups excluding carboxylic acids is 1. The Kier molecular flexibility index (Phi) is 4.62. The number of hydrogen-bond acceptors (Lipinski definition) is 3. The van der Waals surface area contributed by atoms with Crippen molar-refractivity contribution < 1.29 is 13.9 Å². The number of ketones is 1. The van der Waals surface area contributed by atoms with Crippen molar-refractivity contribution in [3.05, 3.63) is 36.0 Å². The summed E-state index contributed by atoms with van der Waals surface area (Å²) in [5.41, 5.74) is 1.36. The van der Waals surface area contributed by atoms with Crippen molar-refractivity contribution in [3.8, 4) is 0 Å². The lowest BCUT2D eigenvalue weighted by molar-refractivity contribution is 0.0946. The van der Waals surface area contributed by atoms with Crippen molar-refractivity contribution in [2.75, 3.05) is 7.11 Å². The molecule has 98 valence electrons. The van der Waals surface area contributed by atoms with Crippen molar-refractivity contribution >= 4 is 5.78 Å². The van der Waals surface area contributed by atoms with Crippen LogP contribution in [0, 0.1) is 5.92 Å². The highest BCUT2D eigenvalue weighted by molar-refractivity contribution is 5.93. The van der Waals surface area contributed by atoms with Gasteiger partial charge in [-0.3, -0.25) is 4.79 Å². The third-order valence-electron chi connectivity index (χ3n) is 3.58. The molecule has 0 bridgehead atoms. The molecule has 1 fully saturated rings. The quantitative estimate of drug-likeness (QED) is 0.584. The van der Waals surface area contributed by atoms with Crippen LogP contribution in [0.25, 0.3) is 0 Å². The van der Waals surface area contributed by atoms with Gasteiger partial charge in [-0.05, 0) is 49.3 Å². The molecule has 1 saturated carbocycles. The molecule has 3 nitrogen and oxygen atoms in total. The fourth-order valence-corrected chi connectivity index (χ4v) is 2.61. The molecule has 1 heterocycles. The lowest BCUT2D eigenvalue weighted by Gasteiger charge is -2.24. The van der Waals surface area contributed by atoms with Gasteiger partial charge in [0, 0.05) is 6.42 Å². The number of hydrogen-bond donors (Lipinski definition) is 0. The summed E-state index contributed by atoms with van der Waals surface area (Å²) in [6.45, 7) is 0. The molecule has 0 radical (unpaired) electrons. The van der Waals surface area contributed by atoms with E-state index in [4.69, 9.17) is 9.15 Å². The zero-order valence-electron chi connectivity index (χ0n) is 10.9. The summed E-state index contributed by atoms with van der Waals surface area (Å²) in [4.78, 5) is 11.9. The standard InChI is InChI=1S/C15H20O3/c1-17-11-13-6-3-2-5-12(13)8-9-14(16)15-7-4-10-18-15/h4,7,10-12H,2-3,5-6,8-9H2,1H3/b13-11-/t12-/m1/s1. The van der Waals surface area contributed by atoms with Gasteiger partial charge in [0.15, 0.2) is 11.5 Å². The van der Waals surface area contributed by atoms with Crippen LogP contribution in [0.2, 0.25) is 0 Å². The molecule has 1 aromatic rings. The predicted molar refractivity (Wildman–Crippen MR) is 69.3 cm³/mol. The van der Waals surface area contributed by atoms with E-state index in [0.29, 0.717) is 18.1 Å². The Morgan fingerprint density at radius 2 is 2.44 bits per heavy atom. The van der Waals surface area contributed by atoms with Gasteiger partial charge in [-0.1, -0.05) is 6.42 Å². The largest absolute Gasteiger partial charge is 0.504 e. The van der Waals surface area contributed by atoms with Crippen LogP contribution in [0.5, 0.6) is 0 Å². The third-order valence-corrected chi connectivity index (χ3v) is 3.58. The normalized spacial score (nSPS) is 22.1. The Labute approximate surface area is 108 Å². The monoisotopic (exact) mass is 248 g/mol. The van der Waals surface area contributed by atoms with E-state index in [9.17, 15) is 4.79 Å². The van der Waals surface area contributed by atoms with E-state index in [2.05, 4.69) is 0 Å². The van der Waals surface area contributed by atoms with E-state index in [1.807, 2.05) is 6.26 Å². The molecule has 1 aliphatic carbocycles. The highest BCUT2D eigenvalue weighted by atomic mass is 16.5. The fourth-order valence-electron chi connectivity index (χ4n) is 2.61. The second kappa shape index (κ2) is 6.43. The number of Topliss-reactive ketones (excluding diaryl/α,β-unsaturated/α-hetero) is 1. The van der Waals surface area contributed by atoms with Crippen molar-refractivity contribution in [2.24, 2.45) is 5.92 Å². The van der Waals surface area contributed by atoms with Crippen LogP contribution < -0.4 is 0 Å². The molecule has 0 amide bonds. The minimum absolute atomic E-state index is 0.0994. The number of carbonyl (C=O) groups is 1. The van der Waals surface area contributed by atoms with E-state index in [0.717, 1.165) is 12.8 Å². The molecular weight excluding hydrogens is 228 g/mol. The first-order chi connectivity index (χ1) is 8.81. The molecule has 0 unspecified atom stereocenters. The Balaban J connectivity index is 1.88. The zero-order chi connectivity index (χ0) is 12.8. The smallest absolute Gasteiger partial charge is 0.198 e. The van der Waals surface area contributed by atoms with Gasteiger partial charge >= 0.3 is 0 Å². The first kappa shape index (κ1) is 12.9. The molecular formula is C15H20O3. The number of ether oxygens (including phenoxy) is 1. The molecule has 1 aromatic heterocycles. The maximum absolute atomic E-state index is 11.9. The molecule has 0 aromatic carbocycles. The first-order valence-electron chi connectivity index (χ1n) is 6.59. The summed E-state index contributed by atoms with van der Waals surface area (Å²) in [5.74, 6) is 1.07. The van der Waals surface area contributed by atoms with Gasteiger partial charge < -0.3 is 9.15 Å². The second-order valence-electron chi connectivity index (χ2n) is 4.81. The SMILES string of the molecule is CO/C=C1/CCCC[C@@H]1CCC(=O)c1ccco1. The summed E-state index contributed by atoms with van der Waals surface area (Å²) in [6.07, 6.45) is 9.62. The van der Waals surface area contributed by atoms with Crippen LogP contribution in [0.1, 0.15) is 49.1 Å². The minimum Gasteiger partial charge on any atom is -0.504 e. The lowest BCUT2D eigenvalue weighted by Crippen LogP contribution is -2.12. The Hall–Kier alpha value is -1.51. The van der Waals surface area contributed by atoms with Gasteiger partial charge in [-0.15, -0.1) is 0 Å². The highest BCUT2D eigenvalue weighted by Gasteiger charge is 2.21. The Morgan fingerprint density at radius 1 is 1.56 bits per heavy atom. The van der Waals surface area contributed by atoms with Crippen molar-refractivity contribution in [3.63, 3.8) is 0 Å². The molecule has 18 heavy (non-hydrogen) atoms. The number of methoxy groups -OCH3 is 1. The molecule has 0 N–H and O–H groups in total. The topological polar surface area (TPSA) is 39.4 Å². The third kappa shape index (κ3) is 3.25. The Bertz CT molecular complexity index is 403. The van der Waals surface area contributed by atoms with Gasteiger partial charge in [0.25, 0.3) is 0 Å². The second-order valence-corrected chi connectivity index (χ2v) is 4.81. The van der Waals surface area contributed by atoms with Crippen LogP contribution in [0.4, 0.5) is 0 Å². The Morgan fingerprint density at radius 3 is 3.17 bits per heavy atom.